The maximum absolute atomic E-state index is 12.4. The zero-order valence-electron chi connectivity index (χ0n) is 17.5. The zero-order valence-corrected chi connectivity index (χ0v) is 17.5. The number of carbonyl (C=O) groups is 3. The molecule has 0 spiro atoms. The minimum Gasteiger partial charge on any atom is -0.444 e. The van der Waals surface area contributed by atoms with E-state index >= 15 is 0 Å². The summed E-state index contributed by atoms with van der Waals surface area (Å²) in [6, 6.07) is 9.67. The highest BCUT2D eigenvalue weighted by Crippen LogP contribution is 2.08. The van der Waals surface area contributed by atoms with Crippen LogP contribution in [0.15, 0.2) is 36.4 Å². The summed E-state index contributed by atoms with van der Waals surface area (Å²) in [5, 5.41) is 2.60. The molecule has 2 rings (SSSR count). The number of benzene rings is 1. The normalized spacial score (nSPS) is 15.1. The van der Waals surface area contributed by atoms with Crippen LogP contribution in [0, 0.1) is 0 Å². The van der Waals surface area contributed by atoms with E-state index in [1.165, 1.54) is 0 Å². The van der Waals surface area contributed by atoms with E-state index in [-0.39, 0.29) is 24.8 Å². The standard InChI is InChI=1S/C22H31N3O4/c1-22(2,3)29-21(28)23-13-12-20(27)25-15-7-14-24(16-17-25)19(26)11-10-18-8-5-4-6-9-18/h4-6,8-11H,7,12-17H2,1-3H3,(H,23,28)/b11-10+. The van der Waals surface area contributed by atoms with Gasteiger partial charge in [0.1, 0.15) is 5.60 Å². The van der Waals surface area contributed by atoms with Gasteiger partial charge in [-0.25, -0.2) is 4.79 Å². The van der Waals surface area contributed by atoms with Crippen LogP contribution in [0.2, 0.25) is 0 Å². The average Bonchev–Trinajstić information content (AvgIpc) is 2.92. The molecule has 0 aromatic heterocycles. The maximum Gasteiger partial charge on any atom is 0.407 e. The van der Waals surface area contributed by atoms with E-state index < -0.39 is 11.7 Å². The number of hydrogen-bond acceptors (Lipinski definition) is 4. The van der Waals surface area contributed by atoms with Gasteiger partial charge in [-0.15, -0.1) is 0 Å². The number of nitrogens with zero attached hydrogens (tertiary/aromatic N) is 2. The molecule has 1 aliphatic rings. The van der Waals surface area contributed by atoms with Crippen LogP contribution >= 0.6 is 0 Å². The lowest BCUT2D eigenvalue weighted by atomic mass is 10.2. The number of carbonyl (C=O) groups excluding carboxylic acids is 3. The van der Waals surface area contributed by atoms with Gasteiger partial charge >= 0.3 is 6.09 Å². The van der Waals surface area contributed by atoms with Crippen molar-refractivity contribution in [2.24, 2.45) is 0 Å². The first-order valence-electron chi connectivity index (χ1n) is 10.0. The Labute approximate surface area is 172 Å². The van der Waals surface area contributed by atoms with Crippen LogP contribution in [0.5, 0.6) is 0 Å². The van der Waals surface area contributed by atoms with Gasteiger partial charge in [0.2, 0.25) is 11.8 Å². The van der Waals surface area contributed by atoms with Crippen LogP contribution in [-0.4, -0.2) is 66.0 Å². The monoisotopic (exact) mass is 401 g/mol. The number of alkyl carbamates (subject to hydrolysis) is 1. The highest BCUT2D eigenvalue weighted by atomic mass is 16.6. The van der Waals surface area contributed by atoms with Crippen LogP contribution in [-0.2, 0) is 14.3 Å². The molecule has 7 nitrogen and oxygen atoms in total. The number of nitrogens with one attached hydrogen (secondary N) is 1. The summed E-state index contributed by atoms with van der Waals surface area (Å²) in [6.45, 7) is 7.83. The number of rotatable bonds is 5. The van der Waals surface area contributed by atoms with Gasteiger partial charge in [0.05, 0.1) is 0 Å². The fourth-order valence-electron chi connectivity index (χ4n) is 2.97. The van der Waals surface area contributed by atoms with E-state index in [0.717, 1.165) is 12.0 Å². The van der Waals surface area contributed by atoms with Gasteiger partial charge in [-0.2, -0.15) is 0 Å². The Hall–Kier alpha value is -2.83. The number of amides is 3. The molecule has 158 valence electrons. The quantitative estimate of drug-likeness (QED) is 0.770. The Morgan fingerprint density at radius 1 is 1.03 bits per heavy atom. The van der Waals surface area contributed by atoms with Crippen LogP contribution < -0.4 is 5.32 Å². The summed E-state index contributed by atoms with van der Waals surface area (Å²) in [6.07, 6.45) is 3.80. The fourth-order valence-corrected chi connectivity index (χ4v) is 2.97. The van der Waals surface area contributed by atoms with E-state index in [4.69, 9.17) is 4.74 Å². The molecular weight excluding hydrogens is 370 g/mol. The lowest BCUT2D eigenvalue weighted by Crippen LogP contribution is -2.39. The predicted octanol–water partition coefficient (Wildman–Crippen LogP) is 2.68. The molecule has 1 aromatic carbocycles. The second-order valence-electron chi connectivity index (χ2n) is 7.98. The number of ether oxygens (including phenoxy) is 1. The third-order valence-electron chi connectivity index (χ3n) is 4.39. The molecule has 1 fully saturated rings. The first-order chi connectivity index (χ1) is 13.7. The molecule has 0 radical (unpaired) electrons. The minimum atomic E-state index is -0.566. The van der Waals surface area contributed by atoms with Crippen LogP contribution in [0.3, 0.4) is 0 Å². The summed E-state index contributed by atoms with van der Waals surface area (Å²) in [5.41, 5.74) is 0.411. The second-order valence-corrected chi connectivity index (χ2v) is 7.98. The molecule has 0 unspecified atom stereocenters. The highest BCUT2D eigenvalue weighted by molar-refractivity contribution is 5.91. The van der Waals surface area contributed by atoms with Gasteiger partial charge in [0, 0.05) is 45.2 Å². The summed E-state index contributed by atoms with van der Waals surface area (Å²) < 4.78 is 5.15. The topological polar surface area (TPSA) is 79.0 Å². The van der Waals surface area contributed by atoms with E-state index in [9.17, 15) is 14.4 Å². The Morgan fingerprint density at radius 2 is 1.69 bits per heavy atom. The smallest absolute Gasteiger partial charge is 0.407 e. The molecule has 0 aliphatic carbocycles. The molecule has 0 saturated carbocycles. The van der Waals surface area contributed by atoms with Gasteiger partial charge in [-0.3, -0.25) is 9.59 Å². The van der Waals surface area contributed by atoms with E-state index in [1.807, 2.05) is 30.3 Å². The summed E-state index contributed by atoms with van der Waals surface area (Å²) in [7, 11) is 0. The van der Waals surface area contributed by atoms with Crippen LogP contribution in [0.25, 0.3) is 6.08 Å². The average molecular weight is 402 g/mol. The Morgan fingerprint density at radius 3 is 2.38 bits per heavy atom. The lowest BCUT2D eigenvalue weighted by Gasteiger charge is -2.22. The molecule has 1 heterocycles. The molecule has 1 aromatic rings. The van der Waals surface area contributed by atoms with Gasteiger partial charge < -0.3 is 19.9 Å². The molecular formula is C22H31N3O4. The van der Waals surface area contributed by atoms with Gasteiger partial charge in [-0.1, -0.05) is 30.3 Å². The maximum atomic E-state index is 12.4. The SMILES string of the molecule is CC(C)(C)OC(=O)NCCC(=O)N1CCCN(C(=O)/C=C/c2ccccc2)CC1. The predicted molar refractivity (Wildman–Crippen MR) is 112 cm³/mol. The third kappa shape index (κ3) is 8.37. The van der Waals surface area contributed by atoms with Gasteiger partial charge in [0.15, 0.2) is 0 Å². The van der Waals surface area contributed by atoms with E-state index in [1.54, 1.807) is 42.7 Å². The second kappa shape index (κ2) is 10.6. The Balaban J connectivity index is 1.75. The van der Waals surface area contributed by atoms with Crippen molar-refractivity contribution in [3.8, 4) is 0 Å². The van der Waals surface area contributed by atoms with Crippen molar-refractivity contribution < 1.29 is 19.1 Å². The van der Waals surface area contributed by atoms with Crippen molar-refractivity contribution in [2.45, 2.75) is 39.2 Å². The molecule has 3 amide bonds. The van der Waals surface area contributed by atoms with Gasteiger partial charge in [-0.05, 0) is 38.8 Å². The highest BCUT2D eigenvalue weighted by Gasteiger charge is 2.21. The lowest BCUT2D eigenvalue weighted by molar-refractivity contribution is -0.131. The number of hydrogen-bond donors (Lipinski definition) is 1. The minimum absolute atomic E-state index is 0.0322. The van der Waals surface area contributed by atoms with E-state index in [2.05, 4.69) is 5.32 Å². The molecule has 7 heteroatoms. The van der Waals surface area contributed by atoms with Crippen molar-refractivity contribution in [3.05, 3.63) is 42.0 Å². The first-order valence-corrected chi connectivity index (χ1v) is 10.0. The molecule has 29 heavy (non-hydrogen) atoms. The summed E-state index contributed by atoms with van der Waals surface area (Å²) in [5.74, 6) is -0.0788. The van der Waals surface area contributed by atoms with E-state index in [0.29, 0.717) is 26.2 Å². The van der Waals surface area contributed by atoms with Crippen molar-refractivity contribution in [2.75, 3.05) is 32.7 Å². The fraction of sp³-hybridized carbons (Fsp3) is 0.500. The van der Waals surface area contributed by atoms with Crippen molar-refractivity contribution >= 4 is 24.0 Å². The largest absolute Gasteiger partial charge is 0.444 e. The molecule has 0 atom stereocenters. The first kappa shape index (κ1) is 22.5. The third-order valence-corrected chi connectivity index (χ3v) is 4.39. The van der Waals surface area contributed by atoms with Crippen molar-refractivity contribution in [1.82, 2.24) is 15.1 Å². The van der Waals surface area contributed by atoms with Crippen LogP contribution in [0.4, 0.5) is 4.79 Å². The Kier molecular flexibility index (Phi) is 8.24. The summed E-state index contributed by atoms with van der Waals surface area (Å²) >= 11 is 0. The zero-order chi connectivity index (χ0) is 21.3. The molecule has 1 aliphatic heterocycles. The van der Waals surface area contributed by atoms with Crippen molar-refractivity contribution in [3.63, 3.8) is 0 Å². The van der Waals surface area contributed by atoms with Crippen LogP contribution in [0.1, 0.15) is 39.2 Å². The van der Waals surface area contributed by atoms with Crippen molar-refractivity contribution in [1.29, 1.82) is 0 Å². The van der Waals surface area contributed by atoms with Gasteiger partial charge in [0.25, 0.3) is 0 Å². The summed E-state index contributed by atoms with van der Waals surface area (Å²) in [4.78, 5) is 40.0. The molecule has 1 N–H and O–H groups in total. The molecule has 1 saturated heterocycles. The Bertz CT molecular complexity index is 725. The molecule has 0 bridgehead atoms.